The smallest absolute Gasteiger partial charge is 0.220 e. The van der Waals surface area contributed by atoms with Crippen LogP contribution in [0.15, 0.2) is 0 Å². The minimum absolute atomic E-state index is 0. The Balaban J connectivity index is 0.00000225. The van der Waals surface area contributed by atoms with Crippen LogP contribution in [-0.4, -0.2) is 39.3 Å². The predicted molar refractivity (Wildman–Crippen MR) is 67.0 cm³/mol. The molecule has 1 rings (SSSR count). The normalized spacial score (nSPS) is 15.1. The van der Waals surface area contributed by atoms with Gasteiger partial charge in [-0.25, -0.2) is 0 Å². The highest BCUT2D eigenvalue weighted by Gasteiger charge is 2.19. The van der Waals surface area contributed by atoms with Gasteiger partial charge in [0.2, 0.25) is 5.91 Å². The maximum absolute atomic E-state index is 11.4. The maximum atomic E-state index is 11.4. The van der Waals surface area contributed by atoms with Crippen molar-refractivity contribution in [3.63, 3.8) is 0 Å². The van der Waals surface area contributed by atoms with Crippen molar-refractivity contribution in [2.45, 2.75) is 25.7 Å². The SMILES string of the molecule is COCCNCCNC(=O)CC1CCC1.Cl. The van der Waals surface area contributed by atoms with E-state index < -0.39 is 0 Å². The van der Waals surface area contributed by atoms with Crippen LogP contribution in [0.2, 0.25) is 0 Å². The number of carbonyl (C=O) groups excluding carboxylic acids is 1. The van der Waals surface area contributed by atoms with E-state index in [1.807, 2.05) is 0 Å². The topological polar surface area (TPSA) is 50.4 Å². The molecule has 1 amide bonds. The molecule has 1 fully saturated rings. The maximum Gasteiger partial charge on any atom is 0.220 e. The molecule has 0 radical (unpaired) electrons. The molecule has 1 saturated carbocycles. The minimum atomic E-state index is 0. The van der Waals surface area contributed by atoms with E-state index in [4.69, 9.17) is 4.74 Å². The third-order valence-electron chi connectivity index (χ3n) is 2.81. The van der Waals surface area contributed by atoms with Crippen LogP contribution in [-0.2, 0) is 9.53 Å². The Morgan fingerprint density at radius 3 is 2.62 bits per heavy atom. The summed E-state index contributed by atoms with van der Waals surface area (Å²) in [5.41, 5.74) is 0. The Morgan fingerprint density at radius 1 is 1.31 bits per heavy atom. The van der Waals surface area contributed by atoms with Crippen molar-refractivity contribution in [1.29, 1.82) is 0 Å². The van der Waals surface area contributed by atoms with E-state index >= 15 is 0 Å². The van der Waals surface area contributed by atoms with Gasteiger partial charge in [-0.15, -0.1) is 12.4 Å². The van der Waals surface area contributed by atoms with Gasteiger partial charge in [0.15, 0.2) is 0 Å². The summed E-state index contributed by atoms with van der Waals surface area (Å²) < 4.78 is 4.89. The summed E-state index contributed by atoms with van der Waals surface area (Å²) in [6, 6.07) is 0. The molecule has 1 aliphatic rings. The van der Waals surface area contributed by atoms with Crippen molar-refractivity contribution in [3.05, 3.63) is 0 Å². The number of carbonyl (C=O) groups is 1. The van der Waals surface area contributed by atoms with Crippen LogP contribution in [0, 0.1) is 5.92 Å². The Kier molecular flexibility index (Phi) is 9.68. The predicted octanol–water partition coefficient (Wildman–Crippen LogP) is 0.951. The van der Waals surface area contributed by atoms with Crippen molar-refractivity contribution in [2.24, 2.45) is 5.92 Å². The van der Waals surface area contributed by atoms with Gasteiger partial charge in [-0.1, -0.05) is 6.42 Å². The van der Waals surface area contributed by atoms with Crippen LogP contribution in [0.1, 0.15) is 25.7 Å². The van der Waals surface area contributed by atoms with Crippen molar-refractivity contribution >= 4 is 18.3 Å². The van der Waals surface area contributed by atoms with Gasteiger partial charge >= 0.3 is 0 Å². The third-order valence-corrected chi connectivity index (χ3v) is 2.81. The van der Waals surface area contributed by atoms with Gasteiger partial charge in [0.05, 0.1) is 6.61 Å². The first-order chi connectivity index (χ1) is 7.33. The summed E-state index contributed by atoms with van der Waals surface area (Å²) in [5.74, 6) is 0.861. The zero-order valence-electron chi connectivity index (χ0n) is 9.96. The van der Waals surface area contributed by atoms with Gasteiger partial charge in [-0.05, 0) is 18.8 Å². The van der Waals surface area contributed by atoms with E-state index in [1.54, 1.807) is 7.11 Å². The molecule has 4 nitrogen and oxygen atoms in total. The molecular formula is C11H23ClN2O2. The second kappa shape index (κ2) is 9.87. The zero-order chi connectivity index (χ0) is 10.9. The Morgan fingerprint density at radius 2 is 2.06 bits per heavy atom. The molecular weight excluding hydrogens is 228 g/mol. The van der Waals surface area contributed by atoms with E-state index in [0.29, 0.717) is 5.92 Å². The third kappa shape index (κ3) is 7.04. The average Bonchev–Trinajstić information content (AvgIpc) is 2.17. The van der Waals surface area contributed by atoms with Crippen molar-refractivity contribution in [2.75, 3.05) is 33.4 Å². The average molecular weight is 251 g/mol. The molecule has 0 aromatic carbocycles. The van der Waals surface area contributed by atoms with Gasteiger partial charge in [0.1, 0.15) is 0 Å². The molecule has 96 valence electrons. The fourth-order valence-corrected chi connectivity index (χ4v) is 1.62. The molecule has 0 aliphatic heterocycles. The summed E-state index contributed by atoms with van der Waals surface area (Å²) >= 11 is 0. The van der Waals surface area contributed by atoms with E-state index in [2.05, 4.69) is 10.6 Å². The number of amides is 1. The molecule has 0 aromatic rings. The van der Waals surface area contributed by atoms with E-state index in [0.717, 1.165) is 32.7 Å². The number of methoxy groups -OCH3 is 1. The summed E-state index contributed by atoms with van der Waals surface area (Å²) in [4.78, 5) is 11.4. The van der Waals surface area contributed by atoms with E-state index in [1.165, 1.54) is 19.3 Å². The van der Waals surface area contributed by atoms with Crippen LogP contribution in [0.4, 0.5) is 0 Å². The molecule has 16 heavy (non-hydrogen) atoms. The largest absolute Gasteiger partial charge is 0.383 e. The first-order valence-electron chi connectivity index (χ1n) is 5.79. The number of nitrogens with one attached hydrogen (secondary N) is 2. The first-order valence-corrected chi connectivity index (χ1v) is 5.79. The minimum Gasteiger partial charge on any atom is -0.383 e. The first kappa shape index (κ1) is 15.7. The molecule has 2 N–H and O–H groups in total. The Hall–Kier alpha value is -0.320. The van der Waals surface area contributed by atoms with Crippen LogP contribution >= 0.6 is 12.4 Å². The number of hydrogen-bond acceptors (Lipinski definition) is 3. The van der Waals surface area contributed by atoms with Gasteiger partial charge in [0.25, 0.3) is 0 Å². The molecule has 1 aliphatic carbocycles. The summed E-state index contributed by atoms with van der Waals surface area (Å²) in [7, 11) is 1.68. The molecule has 0 heterocycles. The summed E-state index contributed by atoms with van der Waals surface area (Å²) in [6.45, 7) is 3.10. The highest BCUT2D eigenvalue weighted by atomic mass is 35.5. The second-order valence-electron chi connectivity index (χ2n) is 4.09. The molecule has 0 unspecified atom stereocenters. The van der Waals surface area contributed by atoms with Gasteiger partial charge in [-0.2, -0.15) is 0 Å². The Bertz CT molecular complexity index is 187. The molecule has 0 bridgehead atoms. The molecule has 0 aromatic heterocycles. The lowest BCUT2D eigenvalue weighted by Crippen LogP contribution is -2.34. The fraction of sp³-hybridized carbons (Fsp3) is 0.909. The quantitative estimate of drug-likeness (QED) is 0.631. The highest BCUT2D eigenvalue weighted by molar-refractivity contribution is 5.85. The monoisotopic (exact) mass is 250 g/mol. The number of halogens is 1. The lowest BCUT2D eigenvalue weighted by Gasteiger charge is -2.24. The number of hydrogen-bond donors (Lipinski definition) is 2. The van der Waals surface area contributed by atoms with Crippen LogP contribution < -0.4 is 10.6 Å². The lowest BCUT2D eigenvalue weighted by molar-refractivity contribution is -0.122. The van der Waals surface area contributed by atoms with Crippen LogP contribution in [0.3, 0.4) is 0 Å². The van der Waals surface area contributed by atoms with Crippen molar-refractivity contribution in [3.8, 4) is 0 Å². The van der Waals surface area contributed by atoms with E-state index in [9.17, 15) is 4.79 Å². The Labute approximate surface area is 104 Å². The molecule has 0 atom stereocenters. The van der Waals surface area contributed by atoms with Gasteiger partial charge in [-0.3, -0.25) is 4.79 Å². The fourth-order valence-electron chi connectivity index (χ4n) is 1.62. The molecule has 0 spiro atoms. The second-order valence-corrected chi connectivity index (χ2v) is 4.09. The molecule has 0 saturated heterocycles. The van der Waals surface area contributed by atoms with E-state index in [-0.39, 0.29) is 18.3 Å². The van der Waals surface area contributed by atoms with Gasteiger partial charge in [0, 0.05) is 33.2 Å². The lowest BCUT2D eigenvalue weighted by atomic mass is 9.83. The molecule has 5 heteroatoms. The highest BCUT2D eigenvalue weighted by Crippen LogP contribution is 2.28. The van der Waals surface area contributed by atoms with Crippen molar-refractivity contribution < 1.29 is 9.53 Å². The number of ether oxygens (including phenoxy) is 1. The van der Waals surface area contributed by atoms with Crippen LogP contribution in [0.5, 0.6) is 0 Å². The van der Waals surface area contributed by atoms with Gasteiger partial charge < -0.3 is 15.4 Å². The number of rotatable bonds is 8. The van der Waals surface area contributed by atoms with Crippen molar-refractivity contribution in [1.82, 2.24) is 10.6 Å². The zero-order valence-corrected chi connectivity index (χ0v) is 10.8. The summed E-state index contributed by atoms with van der Waals surface area (Å²) in [5, 5.41) is 6.10. The van der Waals surface area contributed by atoms with Crippen LogP contribution in [0.25, 0.3) is 0 Å². The standard InChI is InChI=1S/C11H22N2O2.ClH/c1-15-8-7-12-5-6-13-11(14)9-10-3-2-4-10;/h10,12H,2-9H2,1H3,(H,13,14);1H. The summed E-state index contributed by atoms with van der Waals surface area (Å²) in [6.07, 6.45) is 4.49.